The molecule has 0 radical (unpaired) electrons. The minimum absolute atomic E-state index is 0.0907. The molecule has 4 nitrogen and oxygen atoms in total. The van der Waals surface area contributed by atoms with Crippen LogP contribution in [0, 0.1) is 0 Å². The largest absolute Gasteiger partial charge is 0.375 e. The van der Waals surface area contributed by atoms with Gasteiger partial charge >= 0.3 is 0 Å². The Morgan fingerprint density at radius 3 is 2.79 bits per heavy atom. The lowest BCUT2D eigenvalue weighted by Crippen LogP contribution is -2.45. The first kappa shape index (κ1) is 14.0. The van der Waals surface area contributed by atoms with Crippen molar-refractivity contribution in [2.45, 2.75) is 32.4 Å². The van der Waals surface area contributed by atoms with Gasteiger partial charge in [0.1, 0.15) is 0 Å². The fourth-order valence-corrected chi connectivity index (χ4v) is 2.37. The highest BCUT2D eigenvalue weighted by molar-refractivity contribution is 5.94. The summed E-state index contributed by atoms with van der Waals surface area (Å²) < 4.78 is 5.66. The molecule has 1 aliphatic heterocycles. The number of rotatable bonds is 4. The Morgan fingerprint density at radius 1 is 1.42 bits per heavy atom. The fourth-order valence-electron chi connectivity index (χ4n) is 2.37. The molecule has 1 aromatic carbocycles. The third-order valence-electron chi connectivity index (χ3n) is 3.47. The number of amides is 1. The minimum atomic E-state index is 0.0907. The fraction of sp³-hybridized carbons (Fsp3) is 0.533. The Morgan fingerprint density at radius 2 is 2.16 bits per heavy atom. The zero-order valence-corrected chi connectivity index (χ0v) is 11.5. The van der Waals surface area contributed by atoms with Crippen LogP contribution in [0.1, 0.15) is 35.7 Å². The molecule has 1 amide bonds. The summed E-state index contributed by atoms with van der Waals surface area (Å²) in [5.41, 5.74) is 7.33. The van der Waals surface area contributed by atoms with Gasteiger partial charge in [-0.3, -0.25) is 4.79 Å². The van der Waals surface area contributed by atoms with Crippen molar-refractivity contribution in [3.63, 3.8) is 0 Å². The van der Waals surface area contributed by atoms with Crippen molar-refractivity contribution in [1.82, 2.24) is 4.90 Å². The molecule has 1 aromatic rings. The third-order valence-corrected chi connectivity index (χ3v) is 3.47. The number of benzene rings is 1. The number of nitrogens with two attached hydrogens (primary N) is 1. The number of carbonyl (C=O) groups excluding carboxylic acids is 1. The van der Waals surface area contributed by atoms with Gasteiger partial charge in [0.2, 0.25) is 0 Å². The molecule has 0 spiro atoms. The van der Waals surface area contributed by atoms with Crippen LogP contribution in [0.2, 0.25) is 0 Å². The van der Waals surface area contributed by atoms with E-state index >= 15 is 0 Å². The van der Waals surface area contributed by atoms with Crippen LogP contribution in [0.25, 0.3) is 0 Å². The molecule has 1 saturated heterocycles. The van der Waals surface area contributed by atoms with Gasteiger partial charge in [0.25, 0.3) is 5.91 Å². The molecule has 2 rings (SSSR count). The topological polar surface area (TPSA) is 55.6 Å². The minimum Gasteiger partial charge on any atom is -0.375 e. The molecular weight excluding hydrogens is 240 g/mol. The average Bonchev–Trinajstić information content (AvgIpc) is 2.47. The molecule has 104 valence electrons. The Balaban J connectivity index is 2.01. The second kappa shape index (κ2) is 6.68. The highest BCUT2D eigenvalue weighted by Gasteiger charge is 2.24. The number of nitrogens with zero attached hydrogens (tertiary/aromatic N) is 1. The van der Waals surface area contributed by atoms with E-state index in [1.54, 1.807) is 0 Å². The second-order valence-electron chi connectivity index (χ2n) is 4.93. The van der Waals surface area contributed by atoms with Crippen LogP contribution in [0.4, 0.5) is 0 Å². The van der Waals surface area contributed by atoms with E-state index in [1.807, 2.05) is 29.2 Å². The van der Waals surface area contributed by atoms with Crippen LogP contribution in [-0.2, 0) is 11.3 Å². The van der Waals surface area contributed by atoms with E-state index in [1.165, 1.54) is 0 Å². The van der Waals surface area contributed by atoms with E-state index in [9.17, 15) is 4.79 Å². The van der Waals surface area contributed by atoms with Crippen LogP contribution in [-0.4, -0.2) is 36.6 Å². The first-order valence-electron chi connectivity index (χ1n) is 6.94. The van der Waals surface area contributed by atoms with E-state index in [0.29, 0.717) is 26.2 Å². The summed E-state index contributed by atoms with van der Waals surface area (Å²) in [7, 11) is 0. The lowest BCUT2D eigenvalue weighted by atomic mass is 10.1. The van der Waals surface area contributed by atoms with E-state index < -0.39 is 0 Å². The zero-order valence-electron chi connectivity index (χ0n) is 11.5. The Kier molecular flexibility index (Phi) is 4.93. The zero-order chi connectivity index (χ0) is 13.7. The number of carbonyl (C=O) groups is 1. The van der Waals surface area contributed by atoms with Gasteiger partial charge in [-0.05, 0) is 24.1 Å². The molecule has 1 aliphatic rings. The van der Waals surface area contributed by atoms with Crippen LogP contribution in [0.3, 0.4) is 0 Å². The molecule has 0 bridgehead atoms. The SMILES string of the molecule is CCCC1CN(C(=O)c2ccc(CN)cc2)CCO1. The summed E-state index contributed by atoms with van der Waals surface area (Å²) in [6.07, 6.45) is 2.28. The maximum Gasteiger partial charge on any atom is 0.254 e. The van der Waals surface area contributed by atoms with E-state index in [4.69, 9.17) is 10.5 Å². The van der Waals surface area contributed by atoms with Gasteiger partial charge < -0.3 is 15.4 Å². The van der Waals surface area contributed by atoms with E-state index in [2.05, 4.69) is 6.92 Å². The van der Waals surface area contributed by atoms with Crippen molar-refractivity contribution >= 4 is 5.91 Å². The maximum absolute atomic E-state index is 12.4. The van der Waals surface area contributed by atoms with E-state index in [0.717, 1.165) is 24.0 Å². The second-order valence-corrected chi connectivity index (χ2v) is 4.93. The van der Waals surface area contributed by atoms with Gasteiger partial charge in [-0.2, -0.15) is 0 Å². The smallest absolute Gasteiger partial charge is 0.254 e. The molecule has 1 atom stereocenters. The number of hydrogen-bond donors (Lipinski definition) is 1. The number of morpholine rings is 1. The molecule has 2 N–H and O–H groups in total. The average molecular weight is 262 g/mol. The molecule has 19 heavy (non-hydrogen) atoms. The summed E-state index contributed by atoms with van der Waals surface area (Å²) in [6, 6.07) is 7.54. The van der Waals surface area contributed by atoms with E-state index in [-0.39, 0.29) is 12.0 Å². The Hall–Kier alpha value is -1.39. The van der Waals surface area contributed by atoms with Gasteiger partial charge in [0.05, 0.1) is 12.7 Å². The quantitative estimate of drug-likeness (QED) is 0.900. The molecule has 1 unspecified atom stereocenters. The van der Waals surface area contributed by atoms with Crippen molar-refractivity contribution in [3.05, 3.63) is 35.4 Å². The van der Waals surface area contributed by atoms with Gasteiger partial charge in [-0.1, -0.05) is 25.5 Å². The summed E-state index contributed by atoms with van der Waals surface area (Å²) in [6.45, 7) is 4.65. The predicted octanol–water partition coefficient (Wildman–Crippen LogP) is 1.79. The van der Waals surface area contributed by atoms with Crippen LogP contribution >= 0.6 is 0 Å². The first-order chi connectivity index (χ1) is 9.24. The highest BCUT2D eigenvalue weighted by Crippen LogP contribution is 2.14. The van der Waals surface area contributed by atoms with Gasteiger partial charge in [-0.25, -0.2) is 0 Å². The van der Waals surface area contributed by atoms with Crippen molar-refractivity contribution < 1.29 is 9.53 Å². The van der Waals surface area contributed by atoms with Gasteiger partial charge in [-0.15, -0.1) is 0 Å². The van der Waals surface area contributed by atoms with Crippen molar-refractivity contribution in [1.29, 1.82) is 0 Å². The number of hydrogen-bond acceptors (Lipinski definition) is 3. The third kappa shape index (κ3) is 3.55. The van der Waals surface area contributed by atoms with Crippen LogP contribution in [0.15, 0.2) is 24.3 Å². The predicted molar refractivity (Wildman–Crippen MR) is 74.9 cm³/mol. The first-order valence-corrected chi connectivity index (χ1v) is 6.94. The Labute approximate surface area is 114 Å². The van der Waals surface area contributed by atoms with Crippen LogP contribution in [0.5, 0.6) is 0 Å². The lowest BCUT2D eigenvalue weighted by Gasteiger charge is -2.33. The van der Waals surface area contributed by atoms with Crippen LogP contribution < -0.4 is 5.73 Å². The number of ether oxygens (including phenoxy) is 1. The molecule has 1 fully saturated rings. The summed E-state index contributed by atoms with van der Waals surface area (Å²) in [4.78, 5) is 14.3. The maximum atomic E-state index is 12.4. The van der Waals surface area contributed by atoms with Crippen molar-refractivity contribution in [2.75, 3.05) is 19.7 Å². The monoisotopic (exact) mass is 262 g/mol. The summed E-state index contributed by atoms with van der Waals surface area (Å²) in [5.74, 6) is 0.0907. The molecule has 0 saturated carbocycles. The van der Waals surface area contributed by atoms with Crippen molar-refractivity contribution in [2.24, 2.45) is 5.73 Å². The summed E-state index contributed by atoms with van der Waals surface area (Å²) in [5, 5.41) is 0. The molecule has 4 heteroatoms. The molecule has 0 aliphatic carbocycles. The summed E-state index contributed by atoms with van der Waals surface area (Å²) >= 11 is 0. The molecular formula is C15H22N2O2. The van der Waals surface area contributed by atoms with Gasteiger partial charge in [0, 0.05) is 25.2 Å². The van der Waals surface area contributed by atoms with Gasteiger partial charge in [0.15, 0.2) is 0 Å². The normalized spacial score (nSPS) is 19.5. The Bertz CT molecular complexity index is 415. The van der Waals surface area contributed by atoms with Crippen molar-refractivity contribution in [3.8, 4) is 0 Å². The molecule has 1 heterocycles. The highest BCUT2D eigenvalue weighted by atomic mass is 16.5. The standard InChI is InChI=1S/C15H22N2O2/c1-2-3-14-11-17(8-9-19-14)15(18)13-6-4-12(10-16)5-7-13/h4-7,14H,2-3,8-11,16H2,1H3. The lowest BCUT2D eigenvalue weighted by molar-refractivity contribution is -0.0250. The molecule has 0 aromatic heterocycles.